The molecule has 2 aromatic rings. The van der Waals surface area contributed by atoms with E-state index in [2.05, 4.69) is 4.98 Å². The molecule has 0 fully saturated rings. The van der Waals surface area contributed by atoms with Crippen LogP contribution in [-0.2, 0) is 0 Å². The van der Waals surface area contributed by atoms with Crippen molar-refractivity contribution in [3.8, 4) is 5.75 Å². The van der Waals surface area contributed by atoms with Crippen molar-refractivity contribution in [2.24, 2.45) is 5.73 Å². The van der Waals surface area contributed by atoms with Gasteiger partial charge in [0.25, 0.3) is 0 Å². The fourth-order valence-corrected chi connectivity index (χ4v) is 1.94. The minimum Gasteiger partial charge on any atom is -0.492 e. The first kappa shape index (κ1) is 13.8. The van der Waals surface area contributed by atoms with Crippen molar-refractivity contribution in [3.05, 3.63) is 58.6 Å². The molecule has 2 rings (SSSR count). The van der Waals surface area contributed by atoms with Gasteiger partial charge < -0.3 is 10.5 Å². The van der Waals surface area contributed by atoms with Crippen LogP contribution in [0.2, 0.25) is 5.02 Å². The molecule has 0 saturated carbocycles. The highest BCUT2D eigenvalue weighted by molar-refractivity contribution is 6.30. The van der Waals surface area contributed by atoms with Gasteiger partial charge in [0.1, 0.15) is 11.6 Å². The van der Waals surface area contributed by atoms with Gasteiger partial charge in [0.15, 0.2) is 0 Å². The average Bonchev–Trinajstić information content (AvgIpc) is 2.39. The molecule has 100 valence electrons. The number of ether oxygens (including phenoxy) is 1. The molecule has 5 heteroatoms. The predicted molar refractivity (Wildman–Crippen MR) is 72.8 cm³/mol. The number of hydrogen-bond acceptors (Lipinski definition) is 3. The van der Waals surface area contributed by atoms with Crippen molar-refractivity contribution in [2.75, 3.05) is 6.61 Å². The maximum Gasteiger partial charge on any atom is 0.137 e. The van der Waals surface area contributed by atoms with Crippen LogP contribution in [0.3, 0.4) is 0 Å². The van der Waals surface area contributed by atoms with Crippen LogP contribution in [0.25, 0.3) is 0 Å². The molecular formula is C14H14ClFN2O. The molecule has 0 spiro atoms. The van der Waals surface area contributed by atoms with Gasteiger partial charge in [-0.15, -0.1) is 0 Å². The smallest absolute Gasteiger partial charge is 0.137 e. The third-order valence-corrected chi connectivity index (χ3v) is 2.94. The van der Waals surface area contributed by atoms with Crippen molar-refractivity contribution in [1.82, 2.24) is 4.98 Å². The zero-order valence-electron chi connectivity index (χ0n) is 10.4. The Morgan fingerprint density at radius 2 is 2.16 bits per heavy atom. The lowest BCUT2D eigenvalue weighted by Crippen LogP contribution is -2.14. The summed E-state index contributed by atoms with van der Waals surface area (Å²) < 4.78 is 19.2. The van der Waals surface area contributed by atoms with E-state index in [1.807, 2.05) is 6.92 Å². The fraction of sp³-hybridized carbons (Fsp3) is 0.214. The summed E-state index contributed by atoms with van der Waals surface area (Å²) in [6.45, 7) is 2.42. The van der Waals surface area contributed by atoms with E-state index in [9.17, 15) is 4.39 Å². The highest BCUT2D eigenvalue weighted by atomic mass is 35.5. The van der Waals surface area contributed by atoms with E-state index in [1.165, 1.54) is 6.07 Å². The number of aromatic nitrogens is 1. The summed E-state index contributed by atoms with van der Waals surface area (Å²) >= 11 is 5.72. The Morgan fingerprint density at radius 3 is 2.84 bits per heavy atom. The van der Waals surface area contributed by atoms with E-state index in [0.717, 1.165) is 0 Å². The first-order valence-electron chi connectivity index (χ1n) is 5.90. The molecule has 1 heterocycles. The number of benzene rings is 1. The van der Waals surface area contributed by atoms with Gasteiger partial charge in [-0.25, -0.2) is 4.39 Å². The van der Waals surface area contributed by atoms with Crippen LogP contribution in [0.5, 0.6) is 5.75 Å². The lowest BCUT2D eigenvalue weighted by molar-refractivity contribution is 0.338. The Morgan fingerprint density at radius 1 is 1.37 bits per heavy atom. The summed E-state index contributed by atoms with van der Waals surface area (Å²) in [6.07, 6.45) is 3.19. The second kappa shape index (κ2) is 5.99. The molecule has 1 aromatic heterocycles. The first-order valence-corrected chi connectivity index (χ1v) is 6.28. The second-order valence-corrected chi connectivity index (χ2v) is 4.47. The quantitative estimate of drug-likeness (QED) is 0.934. The van der Waals surface area contributed by atoms with Gasteiger partial charge in [-0.1, -0.05) is 17.7 Å². The number of pyridine rings is 1. The zero-order chi connectivity index (χ0) is 13.8. The van der Waals surface area contributed by atoms with Gasteiger partial charge in [-0.3, -0.25) is 4.98 Å². The summed E-state index contributed by atoms with van der Waals surface area (Å²) in [7, 11) is 0. The third-order valence-electron chi connectivity index (χ3n) is 2.70. The van der Waals surface area contributed by atoms with Crippen molar-refractivity contribution >= 4 is 11.6 Å². The van der Waals surface area contributed by atoms with Gasteiger partial charge in [-0.05, 0) is 30.7 Å². The maximum atomic E-state index is 13.8. The SMILES string of the molecule is CCOc1cncc(C(N)c2ccc(Cl)cc2F)c1. The lowest BCUT2D eigenvalue weighted by atomic mass is 10.0. The van der Waals surface area contributed by atoms with E-state index in [-0.39, 0.29) is 0 Å². The predicted octanol–water partition coefficient (Wildman–Crippen LogP) is 3.32. The number of hydrogen-bond donors (Lipinski definition) is 1. The van der Waals surface area contributed by atoms with Gasteiger partial charge >= 0.3 is 0 Å². The molecule has 1 aromatic carbocycles. The highest BCUT2D eigenvalue weighted by Gasteiger charge is 2.15. The van der Waals surface area contributed by atoms with E-state index in [0.29, 0.717) is 28.5 Å². The molecule has 19 heavy (non-hydrogen) atoms. The fourth-order valence-electron chi connectivity index (χ4n) is 1.78. The summed E-state index contributed by atoms with van der Waals surface area (Å²) in [5, 5.41) is 0.342. The molecule has 0 bridgehead atoms. The van der Waals surface area contributed by atoms with Gasteiger partial charge in [-0.2, -0.15) is 0 Å². The zero-order valence-corrected chi connectivity index (χ0v) is 11.2. The normalized spacial score (nSPS) is 12.2. The van der Waals surface area contributed by atoms with Crippen molar-refractivity contribution in [2.45, 2.75) is 13.0 Å². The molecule has 1 atom stereocenters. The Kier molecular flexibility index (Phi) is 4.35. The van der Waals surface area contributed by atoms with Crippen LogP contribution in [0.1, 0.15) is 24.1 Å². The van der Waals surface area contributed by atoms with E-state index >= 15 is 0 Å². The Balaban J connectivity index is 2.32. The monoisotopic (exact) mass is 280 g/mol. The molecule has 0 aliphatic carbocycles. The summed E-state index contributed by atoms with van der Waals surface area (Å²) in [4.78, 5) is 4.04. The number of halogens is 2. The Labute approximate surface area is 116 Å². The van der Waals surface area contributed by atoms with E-state index in [4.69, 9.17) is 22.1 Å². The van der Waals surface area contributed by atoms with Crippen LogP contribution in [0, 0.1) is 5.82 Å². The largest absolute Gasteiger partial charge is 0.492 e. The Bertz CT molecular complexity index is 577. The van der Waals surface area contributed by atoms with Crippen LogP contribution in [0.4, 0.5) is 4.39 Å². The molecule has 0 amide bonds. The number of nitrogens with two attached hydrogens (primary N) is 1. The van der Waals surface area contributed by atoms with Gasteiger partial charge in [0, 0.05) is 16.8 Å². The maximum absolute atomic E-state index is 13.8. The van der Waals surface area contributed by atoms with Gasteiger partial charge in [0.2, 0.25) is 0 Å². The van der Waals surface area contributed by atoms with Crippen molar-refractivity contribution in [3.63, 3.8) is 0 Å². The molecule has 0 saturated heterocycles. The number of nitrogens with zero attached hydrogens (tertiary/aromatic N) is 1. The lowest BCUT2D eigenvalue weighted by Gasteiger charge is -2.14. The van der Waals surface area contributed by atoms with Crippen molar-refractivity contribution in [1.29, 1.82) is 0 Å². The minimum absolute atomic E-state index is 0.342. The van der Waals surface area contributed by atoms with Gasteiger partial charge in [0.05, 0.1) is 18.8 Å². The topological polar surface area (TPSA) is 48.1 Å². The standard InChI is InChI=1S/C14H14ClFN2O/c1-2-19-11-5-9(7-18-8-11)14(17)12-4-3-10(15)6-13(12)16/h3-8,14H,2,17H2,1H3. The molecule has 2 N–H and O–H groups in total. The van der Waals surface area contributed by atoms with Crippen molar-refractivity contribution < 1.29 is 9.13 Å². The van der Waals surface area contributed by atoms with Crippen LogP contribution >= 0.6 is 11.6 Å². The van der Waals surface area contributed by atoms with E-state index in [1.54, 1.807) is 30.6 Å². The molecule has 1 unspecified atom stereocenters. The first-order chi connectivity index (χ1) is 9.11. The molecular weight excluding hydrogens is 267 g/mol. The number of rotatable bonds is 4. The molecule has 3 nitrogen and oxygen atoms in total. The second-order valence-electron chi connectivity index (χ2n) is 4.03. The third kappa shape index (κ3) is 3.22. The molecule has 0 aliphatic rings. The minimum atomic E-state index is -0.606. The Hall–Kier alpha value is -1.65. The highest BCUT2D eigenvalue weighted by Crippen LogP contribution is 2.25. The summed E-state index contributed by atoms with van der Waals surface area (Å²) in [5.41, 5.74) is 7.12. The van der Waals surface area contributed by atoms with Crippen LogP contribution in [-0.4, -0.2) is 11.6 Å². The molecule has 0 aliphatic heterocycles. The molecule has 0 radical (unpaired) electrons. The van der Waals surface area contributed by atoms with E-state index < -0.39 is 11.9 Å². The van der Waals surface area contributed by atoms with Crippen LogP contribution < -0.4 is 10.5 Å². The summed E-state index contributed by atoms with van der Waals surface area (Å²) in [6, 6.07) is 5.59. The van der Waals surface area contributed by atoms with Crippen LogP contribution in [0.15, 0.2) is 36.7 Å². The average molecular weight is 281 g/mol. The summed E-state index contributed by atoms with van der Waals surface area (Å²) in [5.74, 6) is 0.187.